The molecular weight excluding hydrogens is 470 g/mol. The number of carbonyl (C=O) groups is 1. The van der Waals surface area contributed by atoms with Crippen LogP contribution in [0.15, 0.2) is 70.1 Å². The zero-order chi connectivity index (χ0) is 24.0. The number of phenolic OH excluding ortho intramolecular Hbond substituents is 1. The molecule has 0 amide bonds. The van der Waals surface area contributed by atoms with Gasteiger partial charge in [0.2, 0.25) is 5.43 Å². The van der Waals surface area contributed by atoms with Crippen LogP contribution in [0.4, 0.5) is 8.78 Å². The molecule has 1 aliphatic heterocycles. The third-order valence-electron chi connectivity index (χ3n) is 5.61. The van der Waals surface area contributed by atoms with Gasteiger partial charge in [0.05, 0.1) is 12.0 Å². The van der Waals surface area contributed by atoms with Crippen LogP contribution >= 0.6 is 11.6 Å². The first kappa shape index (κ1) is 21.9. The molecule has 0 radical (unpaired) electrons. The van der Waals surface area contributed by atoms with Gasteiger partial charge in [-0.15, -0.1) is 0 Å². The Morgan fingerprint density at radius 3 is 2.59 bits per heavy atom. The normalized spacial score (nSPS) is 15.3. The summed E-state index contributed by atoms with van der Waals surface area (Å²) >= 11 is 5.93. The number of carbonyl (C=O) groups excluding carboxylic acids is 1. The highest BCUT2D eigenvalue weighted by Gasteiger charge is 2.34. The highest BCUT2D eigenvalue weighted by molar-refractivity contribution is 6.30. The highest BCUT2D eigenvalue weighted by atomic mass is 35.5. The van der Waals surface area contributed by atoms with Crippen LogP contribution in [0, 0.1) is 0 Å². The van der Waals surface area contributed by atoms with Crippen molar-refractivity contribution in [3.05, 3.63) is 87.2 Å². The monoisotopic (exact) mass is 484 g/mol. The standard InChI is InChI=1S/C25H15ClF2O6/c26-14-6-4-12(5-7-14)17-11-32-24-21-16(13-2-1-3-15(8-13)33-25(27)28)9-20(30)34-19(21)10-18(29)22(24)23(17)31/h1-8,10-11,16,25,29H,9H2/t16-/m1/s1. The number of fused-ring (bicyclic) bond motifs is 3. The number of halogens is 3. The molecule has 2 heterocycles. The van der Waals surface area contributed by atoms with Crippen molar-refractivity contribution in [2.24, 2.45) is 0 Å². The number of phenols is 1. The van der Waals surface area contributed by atoms with Crippen molar-refractivity contribution in [3.63, 3.8) is 0 Å². The number of benzene rings is 3. The molecule has 0 saturated heterocycles. The Labute approximate surface area is 195 Å². The fourth-order valence-electron chi connectivity index (χ4n) is 4.15. The van der Waals surface area contributed by atoms with Crippen LogP contribution < -0.4 is 14.9 Å². The number of esters is 1. The van der Waals surface area contributed by atoms with Gasteiger partial charge < -0.3 is 19.0 Å². The minimum Gasteiger partial charge on any atom is -0.507 e. The summed E-state index contributed by atoms with van der Waals surface area (Å²) in [6.07, 6.45) is 1.13. The van der Waals surface area contributed by atoms with Crippen LogP contribution in [0.2, 0.25) is 5.02 Å². The molecule has 0 spiro atoms. The lowest BCUT2D eigenvalue weighted by atomic mass is 9.85. The summed E-state index contributed by atoms with van der Waals surface area (Å²) in [6, 6.07) is 13.6. The van der Waals surface area contributed by atoms with Crippen LogP contribution in [0.3, 0.4) is 0 Å². The van der Waals surface area contributed by atoms with Crippen molar-refractivity contribution in [3.8, 4) is 28.4 Å². The van der Waals surface area contributed by atoms with E-state index in [9.17, 15) is 23.5 Å². The minimum absolute atomic E-state index is 0.0221. The van der Waals surface area contributed by atoms with Gasteiger partial charge in [-0.2, -0.15) is 8.78 Å². The Kier molecular flexibility index (Phi) is 5.45. The van der Waals surface area contributed by atoms with Crippen molar-refractivity contribution in [1.82, 2.24) is 0 Å². The molecule has 1 N–H and O–H groups in total. The molecule has 5 rings (SSSR count). The number of ether oxygens (including phenoxy) is 2. The Bertz CT molecular complexity index is 1480. The first-order valence-corrected chi connectivity index (χ1v) is 10.5. The largest absolute Gasteiger partial charge is 0.507 e. The number of hydrogen-bond acceptors (Lipinski definition) is 6. The Balaban J connectivity index is 1.72. The summed E-state index contributed by atoms with van der Waals surface area (Å²) in [5.41, 5.74) is 1.12. The van der Waals surface area contributed by atoms with Gasteiger partial charge in [0.1, 0.15) is 34.5 Å². The van der Waals surface area contributed by atoms with E-state index < -0.39 is 29.7 Å². The van der Waals surface area contributed by atoms with E-state index >= 15 is 0 Å². The molecule has 9 heteroatoms. The maximum absolute atomic E-state index is 13.3. The fourth-order valence-corrected chi connectivity index (χ4v) is 4.28. The summed E-state index contributed by atoms with van der Waals surface area (Å²) in [4.78, 5) is 25.6. The molecule has 0 saturated carbocycles. The molecule has 0 aliphatic carbocycles. The Morgan fingerprint density at radius 1 is 1.09 bits per heavy atom. The number of aromatic hydroxyl groups is 1. The molecule has 1 atom stereocenters. The number of hydrogen-bond donors (Lipinski definition) is 1. The summed E-state index contributed by atoms with van der Waals surface area (Å²) in [7, 11) is 0. The maximum Gasteiger partial charge on any atom is 0.387 e. The fraction of sp³-hybridized carbons (Fsp3) is 0.120. The SMILES string of the molecule is O=C1C[C@H](c2cccc(OC(F)F)c2)c2c(cc(O)c3c(=O)c(-c4ccc(Cl)cc4)coc23)O1. The van der Waals surface area contributed by atoms with Gasteiger partial charge in [-0.1, -0.05) is 35.9 Å². The second-order valence-electron chi connectivity index (χ2n) is 7.68. The molecule has 34 heavy (non-hydrogen) atoms. The van der Waals surface area contributed by atoms with E-state index in [2.05, 4.69) is 4.74 Å². The third-order valence-corrected chi connectivity index (χ3v) is 5.86. The average molecular weight is 485 g/mol. The van der Waals surface area contributed by atoms with E-state index in [1.165, 1.54) is 30.5 Å². The first-order valence-electron chi connectivity index (χ1n) is 10.1. The van der Waals surface area contributed by atoms with Crippen molar-refractivity contribution < 1.29 is 32.6 Å². The second-order valence-corrected chi connectivity index (χ2v) is 8.12. The van der Waals surface area contributed by atoms with Crippen LogP contribution in [0.25, 0.3) is 22.1 Å². The van der Waals surface area contributed by atoms with Gasteiger partial charge in [-0.05, 0) is 35.4 Å². The van der Waals surface area contributed by atoms with Gasteiger partial charge in [-0.25, -0.2) is 0 Å². The molecule has 172 valence electrons. The summed E-state index contributed by atoms with van der Waals surface area (Å²) < 4.78 is 41.1. The quantitative estimate of drug-likeness (QED) is 0.288. The van der Waals surface area contributed by atoms with Crippen molar-refractivity contribution in [2.75, 3.05) is 0 Å². The van der Waals surface area contributed by atoms with Crippen LogP contribution in [-0.2, 0) is 4.79 Å². The molecule has 3 aromatic carbocycles. The number of rotatable bonds is 4. The van der Waals surface area contributed by atoms with Gasteiger partial charge in [-0.3, -0.25) is 9.59 Å². The number of alkyl halides is 2. The van der Waals surface area contributed by atoms with Gasteiger partial charge in [0.15, 0.2) is 0 Å². The Hall–Kier alpha value is -3.91. The highest BCUT2D eigenvalue weighted by Crippen LogP contribution is 2.46. The van der Waals surface area contributed by atoms with Crippen molar-refractivity contribution >= 4 is 28.5 Å². The van der Waals surface area contributed by atoms with E-state index in [0.717, 1.165) is 0 Å². The van der Waals surface area contributed by atoms with Gasteiger partial charge in [0, 0.05) is 22.6 Å². The van der Waals surface area contributed by atoms with Crippen molar-refractivity contribution in [1.29, 1.82) is 0 Å². The first-order chi connectivity index (χ1) is 16.3. The van der Waals surface area contributed by atoms with Crippen molar-refractivity contribution in [2.45, 2.75) is 19.0 Å². The lowest BCUT2D eigenvalue weighted by molar-refractivity contribution is -0.135. The molecule has 4 aromatic rings. The smallest absolute Gasteiger partial charge is 0.387 e. The maximum atomic E-state index is 13.3. The van der Waals surface area contributed by atoms with Crippen LogP contribution in [0.5, 0.6) is 17.2 Å². The van der Waals surface area contributed by atoms with Gasteiger partial charge >= 0.3 is 12.6 Å². The topological polar surface area (TPSA) is 86.0 Å². The van der Waals surface area contributed by atoms with E-state index in [4.69, 9.17) is 20.8 Å². The molecule has 6 nitrogen and oxygen atoms in total. The predicted molar refractivity (Wildman–Crippen MR) is 120 cm³/mol. The van der Waals surface area contributed by atoms with Crippen LogP contribution in [-0.4, -0.2) is 17.7 Å². The molecule has 1 aromatic heterocycles. The Morgan fingerprint density at radius 2 is 1.85 bits per heavy atom. The third kappa shape index (κ3) is 3.86. The average Bonchev–Trinajstić information content (AvgIpc) is 2.79. The summed E-state index contributed by atoms with van der Waals surface area (Å²) in [5.74, 6) is -1.75. The summed E-state index contributed by atoms with van der Waals surface area (Å²) in [6.45, 7) is -3.01. The molecule has 1 aliphatic rings. The zero-order valence-corrected chi connectivity index (χ0v) is 18.0. The lowest BCUT2D eigenvalue weighted by Gasteiger charge is -2.26. The second kappa shape index (κ2) is 8.46. The van der Waals surface area contributed by atoms with E-state index in [1.54, 1.807) is 30.3 Å². The molecule has 0 unspecified atom stereocenters. The van der Waals surface area contributed by atoms with E-state index in [0.29, 0.717) is 21.7 Å². The lowest BCUT2D eigenvalue weighted by Crippen LogP contribution is -2.22. The predicted octanol–water partition coefficient (Wildman–Crippen LogP) is 5.86. The molecule has 0 fully saturated rings. The van der Waals surface area contributed by atoms with E-state index in [-0.39, 0.29) is 34.5 Å². The molecular formula is C25H15ClF2O6. The van der Waals surface area contributed by atoms with Gasteiger partial charge in [0.25, 0.3) is 0 Å². The zero-order valence-electron chi connectivity index (χ0n) is 17.3. The summed E-state index contributed by atoms with van der Waals surface area (Å²) in [5, 5.41) is 11.0. The minimum atomic E-state index is -3.01. The van der Waals surface area contributed by atoms with E-state index in [1.807, 2.05) is 0 Å². The molecule has 0 bridgehead atoms. The van der Waals surface area contributed by atoms with Crippen LogP contribution in [0.1, 0.15) is 23.5 Å².